The summed E-state index contributed by atoms with van der Waals surface area (Å²) in [5.41, 5.74) is 2.69. The van der Waals surface area contributed by atoms with Crippen LogP contribution >= 0.6 is 0 Å². The van der Waals surface area contributed by atoms with E-state index in [1.807, 2.05) is 46.8 Å². The van der Waals surface area contributed by atoms with Crippen molar-refractivity contribution in [3.8, 4) is 0 Å². The molecule has 0 atom stereocenters. The Labute approximate surface area is 150 Å². The van der Waals surface area contributed by atoms with Crippen molar-refractivity contribution in [3.63, 3.8) is 0 Å². The number of rotatable bonds is 1. The van der Waals surface area contributed by atoms with Gasteiger partial charge < -0.3 is 19.5 Å². The first-order chi connectivity index (χ1) is 11.9. The van der Waals surface area contributed by atoms with Gasteiger partial charge in [-0.2, -0.15) is 0 Å². The SMILES string of the molecule is CC.CC(C)(C)OC(=O)N1CCCN(c2cccc3[nH]cnc23)CC1. The number of imidazole rings is 1. The first-order valence-electron chi connectivity index (χ1n) is 9.09. The number of H-pyrrole nitrogens is 1. The molecule has 6 nitrogen and oxygen atoms in total. The molecule has 1 aromatic carbocycles. The summed E-state index contributed by atoms with van der Waals surface area (Å²) in [4.78, 5) is 23.9. The molecule has 138 valence electrons. The van der Waals surface area contributed by atoms with Crippen molar-refractivity contribution >= 4 is 22.8 Å². The molecule has 0 spiro atoms. The summed E-state index contributed by atoms with van der Waals surface area (Å²) >= 11 is 0. The lowest BCUT2D eigenvalue weighted by molar-refractivity contribution is 0.0263. The van der Waals surface area contributed by atoms with Gasteiger partial charge in [-0.15, -0.1) is 0 Å². The molecule has 0 aliphatic carbocycles. The van der Waals surface area contributed by atoms with Crippen molar-refractivity contribution in [2.24, 2.45) is 0 Å². The standard InChI is InChI=1S/C17H24N4O2.C2H6/c1-17(2,3)23-16(22)21-9-5-8-20(10-11-21)14-7-4-6-13-15(14)19-12-18-13;1-2/h4,6-7,12H,5,8-11H2,1-3H3,(H,18,19);1-2H3. The number of anilines is 1. The van der Waals surface area contributed by atoms with E-state index in [1.165, 1.54) is 0 Å². The van der Waals surface area contributed by atoms with Gasteiger partial charge in [0.1, 0.15) is 11.1 Å². The fourth-order valence-corrected chi connectivity index (χ4v) is 2.87. The molecule has 1 amide bonds. The lowest BCUT2D eigenvalue weighted by Crippen LogP contribution is -2.39. The molecule has 0 bridgehead atoms. The minimum absolute atomic E-state index is 0.225. The average Bonchev–Trinajstić information content (AvgIpc) is 2.91. The van der Waals surface area contributed by atoms with Gasteiger partial charge >= 0.3 is 6.09 Å². The summed E-state index contributed by atoms with van der Waals surface area (Å²) in [6.07, 6.45) is 2.41. The van der Waals surface area contributed by atoms with Crippen molar-refractivity contribution in [2.75, 3.05) is 31.1 Å². The Bertz CT molecular complexity index is 690. The van der Waals surface area contributed by atoms with Crippen LogP contribution in [0, 0.1) is 0 Å². The number of nitrogens with zero attached hydrogens (tertiary/aromatic N) is 3. The molecule has 2 aromatic rings. The minimum Gasteiger partial charge on any atom is -0.444 e. The van der Waals surface area contributed by atoms with Gasteiger partial charge in [0.15, 0.2) is 0 Å². The predicted molar refractivity (Wildman–Crippen MR) is 102 cm³/mol. The van der Waals surface area contributed by atoms with Crippen LogP contribution < -0.4 is 4.90 Å². The van der Waals surface area contributed by atoms with E-state index >= 15 is 0 Å². The number of nitrogens with one attached hydrogen (secondary N) is 1. The zero-order chi connectivity index (χ0) is 18.4. The van der Waals surface area contributed by atoms with Gasteiger partial charge in [-0.1, -0.05) is 19.9 Å². The van der Waals surface area contributed by atoms with Gasteiger partial charge in [-0.05, 0) is 39.3 Å². The van der Waals surface area contributed by atoms with E-state index in [2.05, 4.69) is 20.9 Å². The third-order valence-electron chi connectivity index (χ3n) is 3.92. The molecule has 0 saturated carbocycles. The van der Waals surface area contributed by atoms with E-state index in [-0.39, 0.29) is 6.09 Å². The van der Waals surface area contributed by atoms with Crippen LogP contribution in [0.15, 0.2) is 24.5 Å². The molecule has 1 fully saturated rings. The topological polar surface area (TPSA) is 61.5 Å². The maximum Gasteiger partial charge on any atom is 0.410 e. The van der Waals surface area contributed by atoms with Gasteiger partial charge in [-0.25, -0.2) is 9.78 Å². The molecule has 2 heterocycles. The zero-order valence-electron chi connectivity index (χ0n) is 16.0. The molecule has 0 radical (unpaired) electrons. The summed E-state index contributed by atoms with van der Waals surface area (Å²) in [6, 6.07) is 6.15. The van der Waals surface area contributed by atoms with Crippen molar-refractivity contribution in [1.82, 2.24) is 14.9 Å². The Morgan fingerprint density at radius 3 is 2.64 bits per heavy atom. The van der Waals surface area contributed by atoms with Crippen molar-refractivity contribution in [2.45, 2.75) is 46.6 Å². The van der Waals surface area contributed by atoms with Crippen molar-refractivity contribution in [3.05, 3.63) is 24.5 Å². The van der Waals surface area contributed by atoms with E-state index in [4.69, 9.17) is 4.74 Å². The quantitative estimate of drug-likeness (QED) is 0.846. The Morgan fingerprint density at radius 1 is 1.16 bits per heavy atom. The Hall–Kier alpha value is -2.24. The van der Waals surface area contributed by atoms with Crippen LogP contribution in [0.1, 0.15) is 41.0 Å². The van der Waals surface area contributed by atoms with Gasteiger partial charge in [-0.3, -0.25) is 0 Å². The maximum absolute atomic E-state index is 12.2. The second-order valence-corrected chi connectivity index (χ2v) is 6.88. The number of hydrogen-bond acceptors (Lipinski definition) is 4. The lowest BCUT2D eigenvalue weighted by Gasteiger charge is -2.27. The number of aromatic nitrogens is 2. The number of benzene rings is 1. The van der Waals surface area contributed by atoms with Gasteiger partial charge in [0.05, 0.1) is 17.5 Å². The van der Waals surface area contributed by atoms with Crippen LogP contribution in [0.5, 0.6) is 0 Å². The van der Waals surface area contributed by atoms with Crippen molar-refractivity contribution < 1.29 is 9.53 Å². The largest absolute Gasteiger partial charge is 0.444 e. The normalized spacial score (nSPS) is 15.4. The Balaban J connectivity index is 0.00000109. The molecule has 25 heavy (non-hydrogen) atoms. The number of para-hydroxylation sites is 1. The van der Waals surface area contributed by atoms with Gasteiger partial charge in [0.2, 0.25) is 0 Å². The third-order valence-corrected chi connectivity index (χ3v) is 3.92. The molecule has 1 saturated heterocycles. The highest BCUT2D eigenvalue weighted by Crippen LogP contribution is 2.25. The van der Waals surface area contributed by atoms with Crippen LogP contribution in [-0.4, -0.2) is 52.7 Å². The zero-order valence-corrected chi connectivity index (χ0v) is 16.0. The molecule has 1 aromatic heterocycles. The summed E-state index contributed by atoms with van der Waals surface area (Å²) in [5.74, 6) is 0. The monoisotopic (exact) mass is 346 g/mol. The number of aromatic amines is 1. The van der Waals surface area contributed by atoms with Crippen molar-refractivity contribution in [1.29, 1.82) is 0 Å². The molecule has 0 unspecified atom stereocenters. The van der Waals surface area contributed by atoms with E-state index in [1.54, 1.807) is 11.2 Å². The highest BCUT2D eigenvalue weighted by Gasteiger charge is 2.25. The van der Waals surface area contributed by atoms with Crippen LogP contribution in [0.3, 0.4) is 0 Å². The average molecular weight is 346 g/mol. The first kappa shape index (κ1) is 19.1. The van der Waals surface area contributed by atoms with Crippen LogP contribution in [-0.2, 0) is 4.74 Å². The Kier molecular flexibility index (Phi) is 6.28. The van der Waals surface area contributed by atoms with Gasteiger partial charge in [0.25, 0.3) is 0 Å². The number of fused-ring (bicyclic) bond motifs is 1. The number of amides is 1. The fraction of sp³-hybridized carbons (Fsp3) is 0.579. The van der Waals surface area contributed by atoms with E-state index in [9.17, 15) is 4.79 Å². The third kappa shape index (κ3) is 4.87. The van der Waals surface area contributed by atoms with E-state index < -0.39 is 5.60 Å². The van der Waals surface area contributed by atoms with Gasteiger partial charge in [0, 0.05) is 26.2 Å². The van der Waals surface area contributed by atoms with E-state index in [0.717, 1.165) is 42.8 Å². The molecule has 1 aliphatic heterocycles. The van der Waals surface area contributed by atoms with E-state index in [0.29, 0.717) is 6.54 Å². The fourth-order valence-electron chi connectivity index (χ4n) is 2.87. The number of ether oxygens (including phenoxy) is 1. The number of carbonyl (C=O) groups is 1. The number of hydrogen-bond donors (Lipinski definition) is 1. The summed E-state index contributed by atoms with van der Waals surface area (Å²) < 4.78 is 5.48. The van der Waals surface area contributed by atoms with Crippen LogP contribution in [0.4, 0.5) is 10.5 Å². The number of carbonyl (C=O) groups excluding carboxylic acids is 1. The molecular weight excluding hydrogens is 316 g/mol. The molecule has 6 heteroatoms. The second kappa shape index (κ2) is 8.23. The smallest absolute Gasteiger partial charge is 0.410 e. The molecule has 3 rings (SSSR count). The lowest BCUT2D eigenvalue weighted by atomic mass is 10.2. The Morgan fingerprint density at radius 2 is 1.92 bits per heavy atom. The minimum atomic E-state index is -0.455. The van der Waals surface area contributed by atoms with Crippen LogP contribution in [0.2, 0.25) is 0 Å². The summed E-state index contributed by atoms with van der Waals surface area (Å²) in [6.45, 7) is 12.8. The molecule has 1 aliphatic rings. The summed E-state index contributed by atoms with van der Waals surface area (Å²) in [7, 11) is 0. The summed E-state index contributed by atoms with van der Waals surface area (Å²) in [5, 5.41) is 0. The predicted octanol–water partition coefficient (Wildman–Crippen LogP) is 4.04. The maximum atomic E-state index is 12.2. The molecular formula is C19H30N4O2. The highest BCUT2D eigenvalue weighted by molar-refractivity contribution is 5.88. The van der Waals surface area contributed by atoms with Crippen LogP contribution in [0.25, 0.3) is 11.0 Å². The second-order valence-electron chi connectivity index (χ2n) is 6.88. The first-order valence-corrected chi connectivity index (χ1v) is 9.09. The molecule has 1 N–H and O–H groups in total. The highest BCUT2D eigenvalue weighted by atomic mass is 16.6.